The van der Waals surface area contributed by atoms with Crippen molar-refractivity contribution in [2.75, 3.05) is 7.11 Å². The molecule has 35 heavy (non-hydrogen) atoms. The Bertz CT molecular complexity index is 1220. The van der Waals surface area contributed by atoms with E-state index in [-0.39, 0.29) is 11.6 Å². The summed E-state index contributed by atoms with van der Waals surface area (Å²) >= 11 is 6.75. The Morgan fingerprint density at radius 1 is 0.886 bits per heavy atom. The van der Waals surface area contributed by atoms with E-state index in [0.717, 1.165) is 24.0 Å². The zero-order chi connectivity index (χ0) is 24.7. The molecule has 0 unspecified atom stereocenters. The van der Waals surface area contributed by atoms with Crippen molar-refractivity contribution in [1.82, 2.24) is 0 Å². The fourth-order valence-corrected chi connectivity index (χ4v) is 5.78. The molecule has 182 valence electrons. The molecule has 0 amide bonds. The van der Waals surface area contributed by atoms with E-state index in [1.807, 2.05) is 6.07 Å². The van der Waals surface area contributed by atoms with Crippen molar-refractivity contribution >= 4 is 23.2 Å². The van der Waals surface area contributed by atoms with Gasteiger partial charge in [0.1, 0.15) is 18.1 Å². The van der Waals surface area contributed by atoms with Gasteiger partial charge in [0.05, 0.1) is 12.1 Å². The third-order valence-corrected chi connectivity index (χ3v) is 7.17. The van der Waals surface area contributed by atoms with Crippen LogP contribution < -0.4 is 9.47 Å². The van der Waals surface area contributed by atoms with Gasteiger partial charge in [-0.1, -0.05) is 40.9 Å². The molecule has 1 aliphatic heterocycles. The first-order valence-corrected chi connectivity index (χ1v) is 12.5. The SMILES string of the molecule is COc1cc(C2C3=C(CCCC3=O)OC3=C2C(=O)CCC3)cc(Cl)c1OCc1cc(C)cc(C)c1. The summed E-state index contributed by atoms with van der Waals surface area (Å²) in [6.07, 6.45) is 3.83. The van der Waals surface area contributed by atoms with E-state index in [0.29, 0.717) is 71.5 Å². The molecule has 0 N–H and O–H groups in total. The highest BCUT2D eigenvalue weighted by Gasteiger charge is 2.42. The van der Waals surface area contributed by atoms with Gasteiger partial charge in [-0.25, -0.2) is 0 Å². The number of ether oxygens (including phenoxy) is 3. The van der Waals surface area contributed by atoms with Gasteiger partial charge in [-0.15, -0.1) is 0 Å². The predicted octanol–water partition coefficient (Wildman–Crippen LogP) is 6.67. The molecule has 3 aliphatic rings. The van der Waals surface area contributed by atoms with Crippen molar-refractivity contribution in [3.63, 3.8) is 0 Å². The van der Waals surface area contributed by atoms with Gasteiger partial charge in [0.2, 0.25) is 0 Å². The van der Waals surface area contributed by atoms with Crippen molar-refractivity contribution in [2.45, 2.75) is 64.9 Å². The van der Waals surface area contributed by atoms with Gasteiger partial charge >= 0.3 is 0 Å². The summed E-state index contributed by atoms with van der Waals surface area (Å²) in [6, 6.07) is 9.92. The number of rotatable bonds is 5. The lowest BCUT2D eigenvalue weighted by Crippen LogP contribution is -2.30. The average Bonchev–Trinajstić information content (AvgIpc) is 2.81. The fourth-order valence-electron chi connectivity index (χ4n) is 5.51. The Kier molecular flexibility index (Phi) is 6.45. The summed E-state index contributed by atoms with van der Waals surface area (Å²) in [4.78, 5) is 26.1. The molecule has 1 heterocycles. The monoisotopic (exact) mass is 492 g/mol. The number of carbonyl (C=O) groups excluding carboxylic acids is 2. The zero-order valence-corrected chi connectivity index (χ0v) is 21.1. The largest absolute Gasteiger partial charge is 0.493 e. The van der Waals surface area contributed by atoms with E-state index < -0.39 is 5.92 Å². The summed E-state index contributed by atoms with van der Waals surface area (Å²) < 4.78 is 17.9. The summed E-state index contributed by atoms with van der Waals surface area (Å²) in [5, 5.41) is 0.381. The molecule has 5 rings (SSSR count). The third kappa shape index (κ3) is 4.50. The summed E-state index contributed by atoms with van der Waals surface area (Å²) in [6.45, 7) is 4.45. The molecule has 2 aliphatic carbocycles. The van der Waals surface area contributed by atoms with Gasteiger partial charge in [0.25, 0.3) is 0 Å². The van der Waals surface area contributed by atoms with Crippen LogP contribution in [-0.2, 0) is 20.9 Å². The number of hydrogen-bond acceptors (Lipinski definition) is 5. The number of aryl methyl sites for hydroxylation is 2. The van der Waals surface area contributed by atoms with Crippen LogP contribution in [0.1, 0.15) is 66.7 Å². The standard InChI is InChI=1S/C29H29ClO5/c1-16-10-17(2)12-18(11-16)15-34-29-20(30)13-19(14-25(29)33-3)26-27-21(31)6-4-8-23(27)35-24-9-5-7-22(32)28(24)26/h10-14,26H,4-9,15H2,1-3H3. The molecule has 0 radical (unpaired) electrons. The Hall–Kier alpha value is -3.05. The topological polar surface area (TPSA) is 61.8 Å². The van der Waals surface area contributed by atoms with Crippen molar-refractivity contribution in [2.24, 2.45) is 0 Å². The van der Waals surface area contributed by atoms with E-state index in [2.05, 4.69) is 32.0 Å². The molecular weight excluding hydrogens is 464 g/mol. The van der Waals surface area contributed by atoms with Crippen molar-refractivity contribution < 1.29 is 23.8 Å². The highest BCUT2D eigenvalue weighted by atomic mass is 35.5. The van der Waals surface area contributed by atoms with Crippen LogP contribution in [-0.4, -0.2) is 18.7 Å². The maximum absolute atomic E-state index is 13.1. The molecular formula is C29H29ClO5. The van der Waals surface area contributed by atoms with Gasteiger partial charge in [-0.05, 0) is 49.9 Å². The number of ketones is 2. The lowest BCUT2D eigenvalue weighted by atomic mass is 9.73. The number of Topliss-reactive ketones (excluding diaryl/α,β-unsaturated/α-hetero) is 2. The zero-order valence-electron chi connectivity index (χ0n) is 20.3. The quantitative estimate of drug-likeness (QED) is 0.466. The molecule has 0 aromatic heterocycles. The van der Waals surface area contributed by atoms with Gasteiger partial charge in [0, 0.05) is 42.7 Å². The van der Waals surface area contributed by atoms with Crippen LogP contribution >= 0.6 is 11.6 Å². The van der Waals surface area contributed by atoms with Crippen molar-refractivity contribution in [3.8, 4) is 11.5 Å². The van der Waals surface area contributed by atoms with Crippen molar-refractivity contribution in [3.05, 3.63) is 80.3 Å². The maximum Gasteiger partial charge on any atom is 0.180 e. The van der Waals surface area contributed by atoms with Gasteiger partial charge in [0.15, 0.2) is 23.1 Å². The molecule has 0 bridgehead atoms. The van der Waals surface area contributed by atoms with Crippen LogP contribution in [0.25, 0.3) is 0 Å². The van der Waals surface area contributed by atoms with E-state index in [1.165, 1.54) is 11.1 Å². The summed E-state index contributed by atoms with van der Waals surface area (Å²) in [5.74, 6) is 1.89. The van der Waals surface area contributed by atoms with E-state index >= 15 is 0 Å². The lowest BCUT2D eigenvalue weighted by Gasteiger charge is -2.36. The Balaban J connectivity index is 1.55. The average molecular weight is 493 g/mol. The van der Waals surface area contributed by atoms with Crippen LogP contribution in [0, 0.1) is 13.8 Å². The highest BCUT2D eigenvalue weighted by Crippen LogP contribution is 2.50. The smallest absolute Gasteiger partial charge is 0.180 e. The Labute approximate surface area is 210 Å². The first kappa shape index (κ1) is 23.7. The molecule has 2 aromatic rings. The first-order valence-electron chi connectivity index (χ1n) is 12.1. The minimum absolute atomic E-state index is 0.0337. The minimum atomic E-state index is -0.491. The molecule has 0 saturated heterocycles. The Morgan fingerprint density at radius 2 is 1.49 bits per heavy atom. The van der Waals surface area contributed by atoms with Crippen LogP contribution in [0.5, 0.6) is 11.5 Å². The van der Waals surface area contributed by atoms with E-state index in [4.69, 9.17) is 25.8 Å². The first-order chi connectivity index (χ1) is 16.9. The van der Waals surface area contributed by atoms with E-state index in [1.54, 1.807) is 13.2 Å². The second-order valence-electron chi connectivity index (χ2n) is 9.58. The van der Waals surface area contributed by atoms with Gasteiger partial charge in [-0.2, -0.15) is 0 Å². The van der Waals surface area contributed by atoms with Crippen molar-refractivity contribution in [1.29, 1.82) is 0 Å². The highest BCUT2D eigenvalue weighted by molar-refractivity contribution is 6.32. The summed E-state index contributed by atoms with van der Waals surface area (Å²) in [5.41, 5.74) is 5.30. The molecule has 0 atom stereocenters. The predicted molar refractivity (Wildman–Crippen MR) is 134 cm³/mol. The minimum Gasteiger partial charge on any atom is -0.493 e. The molecule has 0 saturated carbocycles. The fraction of sp³-hybridized carbons (Fsp3) is 0.379. The maximum atomic E-state index is 13.1. The molecule has 0 fully saturated rings. The van der Waals surface area contributed by atoms with Crippen LogP contribution in [0.3, 0.4) is 0 Å². The lowest BCUT2D eigenvalue weighted by molar-refractivity contribution is -0.117. The number of hydrogen-bond donors (Lipinski definition) is 0. The number of halogens is 1. The second-order valence-corrected chi connectivity index (χ2v) is 9.99. The van der Waals surface area contributed by atoms with Crippen LogP contribution in [0.2, 0.25) is 5.02 Å². The van der Waals surface area contributed by atoms with Gasteiger partial charge < -0.3 is 14.2 Å². The van der Waals surface area contributed by atoms with Crippen LogP contribution in [0.4, 0.5) is 0 Å². The normalized spacial score (nSPS) is 18.3. The van der Waals surface area contributed by atoms with Crippen LogP contribution in [0.15, 0.2) is 53.0 Å². The number of methoxy groups -OCH3 is 1. The Morgan fingerprint density at radius 3 is 2.06 bits per heavy atom. The molecule has 5 nitrogen and oxygen atoms in total. The number of benzene rings is 2. The molecule has 2 aromatic carbocycles. The van der Waals surface area contributed by atoms with E-state index in [9.17, 15) is 9.59 Å². The second kappa shape index (κ2) is 9.54. The number of carbonyl (C=O) groups is 2. The third-order valence-electron chi connectivity index (χ3n) is 6.89. The van der Waals surface area contributed by atoms with Gasteiger partial charge in [-0.3, -0.25) is 9.59 Å². The number of allylic oxidation sites excluding steroid dienone is 4. The molecule has 0 spiro atoms. The molecule has 6 heteroatoms. The summed E-state index contributed by atoms with van der Waals surface area (Å²) in [7, 11) is 1.57.